The van der Waals surface area contributed by atoms with Crippen LogP contribution in [0.2, 0.25) is 0 Å². The molecule has 0 aliphatic rings. The molecule has 2 rings (SSSR count). The van der Waals surface area contributed by atoms with Crippen LogP contribution in [0.5, 0.6) is 0 Å². The summed E-state index contributed by atoms with van der Waals surface area (Å²) in [6.45, 7) is 1.63. The molecule has 0 aliphatic heterocycles. The molecule has 1 atom stereocenters. The second-order valence-electron chi connectivity index (χ2n) is 4.59. The first kappa shape index (κ1) is 12.7. The van der Waals surface area contributed by atoms with Crippen molar-refractivity contribution >= 4 is 0 Å². The van der Waals surface area contributed by atoms with Gasteiger partial charge in [-0.3, -0.25) is 0 Å². The first-order chi connectivity index (χ1) is 8.47. The number of benzene rings is 2. The van der Waals surface area contributed by atoms with E-state index in [0.717, 1.165) is 0 Å². The van der Waals surface area contributed by atoms with Gasteiger partial charge in [-0.15, -0.1) is 0 Å². The fourth-order valence-electron chi connectivity index (χ4n) is 1.96. The molecule has 3 heteroatoms. The Hall–Kier alpha value is -1.74. The highest BCUT2D eigenvalue weighted by molar-refractivity contribution is 5.26. The zero-order chi connectivity index (χ0) is 13.2. The van der Waals surface area contributed by atoms with Gasteiger partial charge in [-0.25, -0.2) is 8.78 Å². The van der Waals surface area contributed by atoms with Crippen LogP contribution in [-0.2, 0) is 12.0 Å². The van der Waals surface area contributed by atoms with Crippen LogP contribution in [0.15, 0.2) is 48.5 Å². The summed E-state index contributed by atoms with van der Waals surface area (Å²) >= 11 is 0. The first-order valence-corrected chi connectivity index (χ1v) is 5.70. The highest BCUT2D eigenvalue weighted by Gasteiger charge is 2.23. The van der Waals surface area contributed by atoms with Gasteiger partial charge in [0.2, 0.25) is 0 Å². The highest BCUT2D eigenvalue weighted by atomic mass is 19.1. The predicted molar refractivity (Wildman–Crippen MR) is 66.1 cm³/mol. The summed E-state index contributed by atoms with van der Waals surface area (Å²) in [5.41, 5.74) is 0.152. The molecule has 1 unspecified atom stereocenters. The molecule has 0 bridgehead atoms. The third kappa shape index (κ3) is 2.93. The molecule has 18 heavy (non-hydrogen) atoms. The Morgan fingerprint density at radius 2 is 1.67 bits per heavy atom. The number of hydrogen-bond acceptors (Lipinski definition) is 1. The van der Waals surface area contributed by atoms with Gasteiger partial charge in [0.05, 0.1) is 5.60 Å². The third-order valence-electron chi connectivity index (χ3n) is 2.90. The van der Waals surface area contributed by atoms with Crippen molar-refractivity contribution in [1.82, 2.24) is 0 Å². The van der Waals surface area contributed by atoms with Crippen molar-refractivity contribution < 1.29 is 13.9 Å². The van der Waals surface area contributed by atoms with Crippen molar-refractivity contribution in [2.45, 2.75) is 18.9 Å². The minimum absolute atomic E-state index is 0.274. The van der Waals surface area contributed by atoms with Gasteiger partial charge in [-0.1, -0.05) is 24.3 Å². The summed E-state index contributed by atoms with van der Waals surface area (Å²) < 4.78 is 25.9. The maximum Gasteiger partial charge on any atom is 0.123 e. The maximum absolute atomic E-state index is 13.1. The van der Waals surface area contributed by atoms with Crippen molar-refractivity contribution in [2.75, 3.05) is 0 Å². The molecule has 0 fully saturated rings. The van der Waals surface area contributed by atoms with E-state index in [2.05, 4.69) is 0 Å². The van der Waals surface area contributed by atoms with E-state index in [1.807, 2.05) is 0 Å². The van der Waals surface area contributed by atoms with Crippen molar-refractivity contribution in [1.29, 1.82) is 0 Å². The molecular formula is C15H14F2O. The molecule has 0 saturated carbocycles. The van der Waals surface area contributed by atoms with E-state index in [4.69, 9.17) is 0 Å². The fourth-order valence-corrected chi connectivity index (χ4v) is 1.96. The summed E-state index contributed by atoms with van der Waals surface area (Å²) in [6, 6.07) is 11.8. The van der Waals surface area contributed by atoms with Crippen molar-refractivity contribution in [3.63, 3.8) is 0 Å². The second-order valence-corrected chi connectivity index (χ2v) is 4.59. The van der Waals surface area contributed by atoms with Crippen LogP contribution in [-0.4, -0.2) is 5.11 Å². The van der Waals surface area contributed by atoms with E-state index in [-0.39, 0.29) is 18.1 Å². The lowest BCUT2D eigenvalue weighted by Gasteiger charge is -2.24. The Morgan fingerprint density at radius 1 is 1.00 bits per heavy atom. The molecule has 94 valence electrons. The van der Waals surface area contributed by atoms with Gasteiger partial charge in [0, 0.05) is 6.42 Å². The van der Waals surface area contributed by atoms with Gasteiger partial charge in [0.15, 0.2) is 0 Å². The van der Waals surface area contributed by atoms with Crippen LogP contribution in [0, 0.1) is 11.6 Å². The minimum atomic E-state index is -1.15. The standard InChI is InChI=1S/C15H14F2O/c1-15(18,12-5-7-13(16)8-6-12)10-11-3-2-4-14(17)9-11/h2-9,18H,10H2,1H3. The molecular weight excluding hydrogens is 234 g/mol. The quantitative estimate of drug-likeness (QED) is 0.882. The van der Waals surface area contributed by atoms with Gasteiger partial charge in [-0.05, 0) is 42.3 Å². The Kier molecular flexibility index (Phi) is 3.43. The van der Waals surface area contributed by atoms with E-state index in [1.54, 1.807) is 19.1 Å². The lowest BCUT2D eigenvalue weighted by atomic mass is 9.89. The normalized spacial score (nSPS) is 14.2. The summed E-state index contributed by atoms with van der Waals surface area (Å²) in [7, 11) is 0. The summed E-state index contributed by atoms with van der Waals surface area (Å²) in [5, 5.41) is 10.4. The van der Waals surface area contributed by atoms with E-state index in [0.29, 0.717) is 11.1 Å². The lowest BCUT2D eigenvalue weighted by Crippen LogP contribution is -2.24. The third-order valence-corrected chi connectivity index (χ3v) is 2.90. The van der Waals surface area contributed by atoms with Crippen LogP contribution in [0.3, 0.4) is 0 Å². The molecule has 0 heterocycles. The summed E-state index contributed by atoms with van der Waals surface area (Å²) in [6.07, 6.45) is 0.274. The molecule has 0 amide bonds. The first-order valence-electron chi connectivity index (χ1n) is 5.70. The number of rotatable bonds is 3. The Balaban J connectivity index is 2.23. The average molecular weight is 248 g/mol. The van der Waals surface area contributed by atoms with Crippen LogP contribution >= 0.6 is 0 Å². The van der Waals surface area contributed by atoms with Gasteiger partial charge >= 0.3 is 0 Å². The molecule has 2 aromatic rings. The maximum atomic E-state index is 13.1. The van der Waals surface area contributed by atoms with Crippen molar-refractivity contribution in [2.24, 2.45) is 0 Å². The topological polar surface area (TPSA) is 20.2 Å². The average Bonchev–Trinajstić information content (AvgIpc) is 2.29. The van der Waals surface area contributed by atoms with E-state index in [1.165, 1.54) is 36.4 Å². The molecule has 0 spiro atoms. The second kappa shape index (κ2) is 4.86. The number of halogens is 2. The van der Waals surface area contributed by atoms with Gasteiger partial charge in [0.25, 0.3) is 0 Å². The highest BCUT2D eigenvalue weighted by Crippen LogP contribution is 2.25. The monoisotopic (exact) mass is 248 g/mol. The molecule has 0 aliphatic carbocycles. The van der Waals surface area contributed by atoms with Crippen LogP contribution in [0.25, 0.3) is 0 Å². The van der Waals surface area contributed by atoms with E-state index >= 15 is 0 Å². The largest absolute Gasteiger partial charge is 0.385 e. The predicted octanol–water partition coefficient (Wildman–Crippen LogP) is 3.42. The molecule has 1 nitrogen and oxygen atoms in total. The minimum Gasteiger partial charge on any atom is -0.385 e. The zero-order valence-corrected chi connectivity index (χ0v) is 10.0. The summed E-state index contributed by atoms with van der Waals surface area (Å²) in [5.74, 6) is -0.678. The summed E-state index contributed by atoms with van der Waals surface area (Å²) in [4.78, 5) is 0. The SMILES string of the molecule is CC(O)(Cc1cccc(F)c1)c1ccc(F)cc1. The van der Waals surface area contributed by atoms with Crippen molar-refractivity contribution in [3.05, 3.63) is 71.3 Å². The van der Waals surface area contributed by atoms with Crippen LogP contribution in [0.1, 0.15) is 18.1 Å². The van der Waals surface area contributed by atoms with Gasteiger partial charge in [0.1, 0.15) is 11.6 Å². The van der Waals surface area contributed by atoms with E-state index in [9.17, 15) is 13.9 Å². The molecule has 0 radical (unpaired) electrons. The lowest BCUT2D eigenvalue weighted by molar-refractivity contribution is 0.0575. The Labute approximate surface area is 105 Å². The number of aliphatic hydroxyl groups is 1. The van der Waals surface area contributed by atoms with Gasteiger partial charge in [-0.2, -0.15) is 0 Å². The van der Waals surface area contributed by atoms with Crippen LogP contribution in [0.4, 0.5) is 8.78 Å². The zero-order valence-electron chi connectivity index (χ0n) is 10.0. The van der Waals surface area contributed by atoms with Crippen LogP contribution < -0.4 is 0 Å². The molecule has 1 N–H and O–H groups in total. The number of hydrogen-bond donors (Lipinski definition) is 1. The Bertz CT molecular complexity index is 532. The molecule has 0 aromatic heterocycles. The fraction of sp³-hybridized carbons (Fsp3) is 0.200. The van der Waals surface area contributed by atoms with Crippen molar-refractivity contribution in [3.8, 4) is 0 Å². The van der Waals surface area contributed by atoms with Gasteiger partial charge < -0.3 is 5.11 Å². The molecule has 2 aromatic carbocycles. The molecule has 0 saturated heterocycles. The Morgan fingerprint density at radius 3 is 2.28 bits per heavy atom. The smallest absolute Gasteiger partial charge is 0.123 e. The van der Waals surface area contributed by atoms with E-state index < -0.39 is 5.60 Å².